The van der Waals surface area contributed by atoms with Gasteiger partial charge in [0.15, 0.2) is 0 Å². The Morgan fingerprint density at radius 1 is 0.885 bits per heavy atom. The number of carbonyl (C=O) groups excluding carboxylic acids is 2. The van der Waals surface area contributed by atoms with Crippen LogP contribution in [-0.4, -0.2) is 20.2 Å². The van der Waals surface area contributed by atoms with Gasteiger partial charge in [-0.2, -0.15) is 8.42 Å². The number of hydrogen-bond donors (Lipinski definition) is 1. The van der Waals surface area contributed by atoms with Gasteiger partial charge in [-0.15, -0.1) is 0 Å². The van der Waals surface area contributed by atoms with E-state index in [-0.39, 0.29) is 16.2 Å². The highest BCUT2D eigenvalue weighted by Gasteiger charge is 2.28. The summed E-state index contributed by atoms with van der Waals surface area (Å²) >= 11 is 0. The van der Waals surface area contributed by atoms with Crippen molar-refractivity contribution in [1.29, 1.82) is 0 Å². The maximum Gasteiger partial charge on any atom is 0.339 e. The molecule has 1 heterocycles. The first-order valence-corrected chi connectivity index (χ1v) is 9.19. The molecule has 7 heteroatoms. The number of amides is 2. The summed E-state index contributed by atoms with van der Waals surface area (Å²) in [6.45, 7) is 1.88. The second kappa shape index (κ2) is 5.67. The van der Waals surface area contributed by atoms with Crippen LogP contribution >= 0.6 is 0 Å². The van der Waals surface area contributed by atoms with Crippen molar-refractivity contribution in [3.63, 3.8) is 0 Å². The van der Waals surface area contributed by atoms with Crippen molar-refractivity contribution in [3.05, 3.63) is 71.3 Å². The average molecular weight is 367 g/mol. The fraction of sp³-hybridized carbons (Fsp3) is 0.0526. The summed E-state index contributed by atoms with van der Waals surface area (Å²) in [4.78, 5) is 24.0. The maximum atomic E-state index is 12.7. The van der Waals surface area contributed by atoms with Crippen molar-refractivity contribution in [1.82, 2.24) is 5.32 Å². The molecule has 4 rings (SSSR count). The van der Waals surface area contributed by atoms with Crippen LogP contribution in [0.15, 0.2) is 59.5 Å². The monoisotopic (exact) mass is 367 g/mol. The average Bonchev–Trinajstić information content (AvgIpc) is 2.61. The molecule has 0 fully saturated rings. The Morgan fingerprint density at radius 3 is 2.31 bits per heavy atom. The van der Waals surface area contributed by atoms with Gasteiger partial charge in [0.2, 0.25) is 0 Å². The predicted molar refractivity (Wildman–Crippen MR) is 94.7 cm³/mol. The van der Waals surface area contributed by atoms with Crippen LogP contribution in [0.5, 0.6) is 5.75 Å². The second-order valence-corrected chi connectivity index (χ2v) is 7.55. The molecule has 0 atom stereocenters. The van der Waals surface area contributed by atoms with E-state index in [0.717, 1.165) is 5.56 Å². The zero-order valence-corrected chi connectivity index (χ0v) is 14.5. The van der Waals surface area contributed by atoms with Gasteiger partial charge in [-0.25, -0.2) is 0 Å². The molecule has 3 aromatic rings. The van der Waals surface area contributed by atoms with Crippen molar-refractivity contribution in [3.8, 4) is 5.75 Å². The lowest BCUT2D eigenvalue weighted by Gasteiger charge is -2.17. The molecule has 1 aliphatic rings. The zero-order chi connectivity index (χ0) is 18.5. The maximum absolute atomic E-state index is 12.7. The zero-order valence-electron chi connectivity index (χ0n) is 13.6. The van der Waals surface area contributed by atoms with Gasteiger partial charge in [0.1, 0.15) is 10.6 Å². The molecule has 26 heavy (non-hydrogen) atoms. The molecule has 2 amide bonds. The highest BCUT2D eigenvalue weighted by atomic mass is 32.2. The number of benzene rings is 3. The van der Waals surface area contributed by atoms with Gasteiger partial charge in [-0.1, -0.05) is 29.8 Å². The van der Waals surface area contributed by atoms with E-state index in [1.54, 1.807) is 42.5 Å². The molecular formula is C19H13NO5S. The van der Waals surface area contributed by atoms with E-state index >= 15 is 0 Å². The van der Waals surface area contributed by atoms with Crippen LogP contribution in [0.2, 0.25) is 0 Å². The van der Waals surface area contributed by atoms with E-state index < -0.39 is 21.9 Å². The minimum Gasteiger partial charge on any atom is -0.379 e. The SMILES string of the molecule is Cc1ccc(OS(=O)(=O)c2cc3c4c(cccc4c2)C(=O)NC3=O)cc1. The molecule has 3 aromatic carbocycles. The first-order chi connectivity index (χ1) is 12.3. The van der Waals surface area contributed by atoms with E-state index in [9.17, 15) is 18.0 Å². The summed E-state index contributed by atoms with van der Waals surface area (Å²) in [5.41, 5.74) is 1.43. The van der Waals surface area contributed by atoms with Gasteiger partial charge >= 0.3 is 10.1 Å². The normalized spacial score (nSPS) is 13.6. The number of hydrogen-bond acceptors (Lipinski definition) is 5. The summed E-state index contributed by atoms with van der Waals surface area (Å²) in [5, 5.41) is 3.14. The minimum absolute atomic E-state index is 0.129. The highest BCUT2D eigenvalue weighted by molar-refractivity contribution is 7.87. The molecule has 0 aromatic heterocycles. The van der Waals surface area contributed by atoms with E-state index in [4.69, 9.17) is 4.18 Å². The first kappa shape index (κ1) is 16.3. The van der Waals surface area contributed by atoms with Crippen LogP contribution in [0.25, 0.3) is 10.8 Å². The first-order valence-electron chi connectivity index (χ1n) is 7.79. The van der Waals surface area contributed by atoms with Crippen LogP contribution < -0.4 is 9.50 Å². The molecule has 0 saturated heterocycles. The van der Waals surface area contributed by atoms with Crippen molar-refractivity contribution >= 4 is 32.7 Å². The van der Waals surface area contributed by atoms with E-state index in [1.165, 1.54) is 12.1 Å². The summed E-state index contributed by atoms with van der Waals surface area (Å²) in [6, 6.07) is 14.1. The van der Waals surface area contributed by atoms with Crippen LogP contribution in [0, 0.1) is 6.92 Å². The summed E-state index contributed by atoms with van der Waals surface area (Å²) in [5.74, 6) is -0.955. The van der Waals surface area contributed by atoms with Crippen LogP contribution in [0.3, 0.4) is 0 Å². The Balaban J connectivity index is 1.86. The number of nitrogens with one attached hydrogen (secondary N) is 1. The van der Waals surface area contributed by atoms with Gasteiger partial charge in [0.25, 0.3) is 11.8 Å². The van der Waals surface area contributed by atoms with Crippen molar-refractivity contribution in [2.75, 3.05) is 0 Å². The van der Waals surface area contributed by atoms with E-state index in [2.05, 4.69) is 5.32 Å². The lowest BCUT2D eigenvalue weighted by atomic mass is 9.95. The van der Waals surface area contributed by atoms with Gasteiger partial charge in [0, 0.05) is 16.5 Å². The molecule has 130 valence electrons. The third-order valence-electron chi connectivity index (χ3n) is 4.18. The largest absolute Gasteiger partial charge is 0.379 e. The molecule has 1 N–H and O–H groups in total. The molecule has 0 radical (unpaired) electrons. The Morgan fingerprint density at radius 2 is 1.58 bits per heavy atom. The predicted octanol–water partition coefficient (Wildman–Crippen LogP) is 2.80. The summed E-state index contributed by atoms with van der Waals surface area (Å²) in [6.07, 6.45) is 0. The van der Waals surface area contributed by atoms with Gasteiger partial charge in [0.05, 0.1) is 0 Å². The standard InChI is InChI=1S/C19H13NO5S/c1-11-5-7-13(8-6-11)25-26(23,24)14-9-12-3-2-4-15-17(12)16(10-14)19(22)20-18(15)21/h2-10H,1H3,(H,20,21,22). The quantitative estimate of drug-likeness (QED) is 0.568. The fourth-order valence-electron chi connectivity index (χ4n) is 2.92. The number of imide groups is 1. The number of carbonyl (C=O) groups is 2. The summed E-state index contributed by atoms with van der Waals surface area (Å²) < 4.78 is 30.5. The van der Waals surface area contributed by atoms with Crippen molar-refractivity contribution in [2.24, 2.45) is 0 Å². The Kier molecular flexibility index (Phi) is 3.55. The fourth-order valence-corrected chi connectivity index (χ4v) is 3.91. The van der Waals surface area contributed by atoms with Crippen LogP contribution in [-0.2, 0) is 10.1 Å². The second-order valence-electron chi connectivity index (χ2n) is 6.01. The van der Waals surface area contributed by atoms with E-state index in [1.807, 2.05) is 6.92 Å². The van der Waals surface area contributed by atoms with Crippen molar-refractivity contribution < 1.29 is 22.2 Å². The molecule has 1 aliphatic heterocycles. The van der Waals surface area contributed by atoms with Crippen LogP contribution in [0.1, 0.15) is 26.3 Å². The topological polar surface area (TPSA) is 89.5 Å². The number of aryl methyl sites for hydroxylation is 1. The molecule has 0 unspecified atom stereocenters. The molecule has 0 saturated carbocycles. The van der Waals surface area contributed by atoms with Gasteiger partial charge in [-0.05, 0) is 42.6 Å². The summed E-state index contributed by atoms with van der Waals surface area (Å²) in [7, 11) is -4.14. The Labute approximate surface area is 149 Å². The molecule has 0 spiro atoms. The molecule has 6 nitrogen and oxygen atoms in total. The lowest BCUT2D eigenvalue weighted by molar-refractivity contribution is 0.0845. The molecule has 0 bridgehead atoms. The third kappa shape index (κ3) is 2.62. The Bertz CT molecular complexity index is 1180. The smallest absolute Gasteiger partial charge is 0.339 e. The number of rotatable bonds is 3. The van der Waals surface area contributed by atoms with Crippen LogP contribution in [0.4, 0.5) is 0 Å². The molecule has 0 aliphatic carbocycles. The van der Waals surface area contributed by atoms with E-state index in [0.29, 0.717) is 16.3 Å². The van der Waals surface area contributed by atoms with Crippen molar-refractivity contribution in [2.45, 2.75) is 11.8 Å². The molecular weight excluding hydrogens is 354 g/mol. The lowest BCUT2D eigenvalue weighted by Crippen LogP contribution is -2.34. The van der Waals surface area contributed by atoms with Gasteiger partial charge in [-0.3, -0.25) is 14.9 Å². The third-order valence-corrected chi connectivity index (χ3v) is 5.41. The highest BCUT2D eigenvalue weighted by Crippen LogP contribution is 2.30. The van der Waals surface area contributed by atoms with Gasteiger partial charge < -0.3 is 4.18 Å². The Hall–Kier alpha value is -3.19. The minimum atomic E-state index is -4.14.